The maximum Gasteiger partial charge on any atom is 0.142 e. The van der Waals surface area contributed by atoms with Gasteiger partial charge in [-0.2, -0.15) is 0 Å². The highest BCUT2D eigenvalue weighted by Gasteiger charge is 2.16. The summed E-state index contributed by atoms with van der Waals surface area (Å²) in [5, 5.41) is 4.61. The Labute approximate surface area is 197 Å². The van der Waals surface area contributed by atoms with E-state index in [-0.39, 0.29) is 5.82 Å². The molecule has 1 heterocycles. The molecule has 0 spiro atoms. The molecule has 4 rings (SSSR count). The van der Waals surface area contributed by atoms with Crippen molar-refractivity contribution in [2.24, 2.45) is 0 Å². The molecule has 170 valence electrons. The molecule has 1 atom stereocenters. The standard InChI is InChI=1S/C26H25ClFN3O2/c1-5-15(2)19-12-20-22(13-25(19)33-4)29-14-30-26(20)31-23-10-16(6-9-24(23)32-3)18-8-7-17(28)11-21(18)27/h6-15H,5H2,1-4H3,(H,29,30,31). The van der Waals surface area contributed by atoms with E-state index in [1.807, 2.05) is 24.3 Å². The first-order valence-corrected chi connectivity index (χ1v) is 11.1. The lowest BCUT2D eigenvalue weighted by Crippen LogP contribution is -2.02. The van der Waals surface area contributed by atoms with Crippen LogP contribution in [0.1, 0.15) is 31.7 Å². The zero-order valence-electron chi connectivity index (χ0n) is 18.9. The number of aromatic nitrogens is 2. The summed E-state index contributed by atoms with van der Waals surface area (Å²) in [6, 6.07) is 14.0. The molecule has 0 aliphatic heterocycles. The number of benzene rings is 3. The molecule has 5 nitrogen and oxygen atoms in total. The molecule has 7 heteroatoms. The number of anilines is 2. The first-order chi connectivity index (χ1) is 15.9. The van der Waals surface area contributed by atoms with Crippen LogP contribution in [-0.2, 0) is 0 Å². The van der Waals surface area contributed by atoms with E-state index >= 15 is 0 Å². The number of hydrogen-bond donors (Lipinski definition) is 1. The Morgan fingerprint density at radius 2 is 1.79 bits per heavy atom. The van der Waals surface area contributed by atoms with E-state index in [2.05, 4.69) is 35.2 Å². The van der Waals surface area contributed by atoms with Crippen LogP contribution in [0.2, 0.25) is 5.02 Å². The van der Waals surface area contributed by atoms with Crippen LogP contribution in [0.3, 0.4) is 0 Å². The smallest absolute Gasteiger partial charge is 0.142 e. The molecule has 1 N–H and O–H groups in total. The minimum atomic E-state index is -0.379. The van der Waals surface area contributed by atoms with E-state index in [1.165, 1.54) is 18.5 Å². The highest BCUT2D eigenvalue weighted by Crippen LogP contribution is 2.38. The molecule has 0 bridgehead atoms. The van der Waals surface area contributed by atoms with Crippen LogP contribution >= 0.6 is 11.6 Å². The van der Waals surface area contributed by atoms with Crippen molar-refractivity contribution in [2.75, 3.05) is 19.5 Å². The number of methoxy groups -OCH3 is 2. The quantitative estimate of drug-likeness (QED) is 0.309. The van der Waals surface area contributed by atoms with Crippen molar-refractivity contribution in [3.05, 3.63) is 71.3 Å². The minimum absolute atomic E-state index is 0.316. The van der Waals surface area contributed by atoms with Crippen molar-refractivity contribution in [3.63, 3.8) is 0 Å². The van der Waals surface area contributed by atoms with E-state index in [0.717, 1.165) is 39.8 Å². The van der Waals surface area contributed by atoms with Gasteiger partial charge >= 0.3 is 0 Å². The molecular formula is C26H25ClFN3O2. The first kappa shape index (κ1) is 22.8. The summed E-state index contributed by atoms with van der Waals surface area (Å²) in [5.41, 5.74) is 4.12. The predicted octanol–water partition coefficient (Wildman–Crippen LogP) is 7.36. The van der Waals surface area contributed by atoms with Crippen LogP contribution < -0.4 is 14.8 Å². The van der Waals surface area contributed by atoms with Crippen molar-refractivity contribution in [3.8, 4) is 22.6 Å². The van der Waals surface area contributed by atoms with E-state index in [1.54, 1.807) is 20.3 Å². The first-order valence-electron chi connectivity index (χ1n) is 10.7. The van der Waals surface area contributed by atoms with E-state index < -0.39 is 0 Å². The second kappa shape index (κ2) is 9.63. The van der Waals surface area contributed by atoms with Crippen molar-refractivity contribution >= 4 is 34.0 Å². The second-order valence-corrected chi connectivity index (χ2v) is 8.21. The van der Waals surface area contributed by atoms with Gasteiger partial charge in [0.05, 0.1) is 30.4 Å². The molecule has 0 saturated carbocycles. The summed E-state index contributed by atoms with van der Waals surface area (Å²) < 4.78 is 24.7. The number of hydrogen-bond acceptors (Lipinski definition) is 5. The Kier molecular flexibility index (Phi) is 6.65. The number of fused-ring (bicyclic) bond motifs is 1. The fourth-order valence-electron chi connectivity index (χ4n) is 3.81. The van der Waals surface area contributed by atoms with Gasteiger partial charge in [-0.15, -0.1) is 0 Å². The Morgan fingerprint density at radius 3 is 2.48 bits per heavy atom. The topological polar surface area (TPSA) is 56.3 Å². The predicted molar refractivity (Wildman–Crippen MR) is 131 cm³/mol. The summed E-state index contributed by atoms with van der Waals surface area (Å²) in [6.45, 7) is 4.31. The fraction of sp³-hybridized carbons (Fsp3) is 0.231. The van der Waals surface area contributed by atoms with Crippen LogP contribution in [-0.4, -0.2) is 24.2 Å². The lowest BCUT2D eigenvalue weighted by molar-refractivity contribution is 0.406. The number of halogens is 2. The van der Waals surface area contributed by atoms with Crippen LogP contribution in [0.5, 0.6) is 11.5 Å². The second-order valence-electron chi connectivity index (χ2n) is 7.81. The average molecular weight is 466 g/mol. The normalized spacial score (nSPS) is 11.9. The largest absolute Gasteiger partial charge is 0.496 e. The van der Waals surface area contributed by atoms with Gasteiger partial charge in [0.2, 0.25) is 0 Å². The van der Waals surface area contributed by atoms with Gasteiger partial charge in [-0.25, -0.2) is 14.4 Å². The molecule has 0 fully saturated rings. The van der Waals surface area contributed by atoms with Crippen LogP contribution in [0, 0.1) is 5.82 Å². The summed E-state index contributed by atoms with van der Waals surface area (Å²) in [7, 11) is 3.28. The van der Waals surface area contributed by atoms with Gasteiger partial charge in [-0.1, -0.05) is 31.5 Å². The Bertz CT molecular complexity index is 1310. The van der Waals surface area contributed by atoms with Gasteiger partial charge in [0.15, 0.2) is 0 Å². The van der Waals surface area contributed by atoms with Crippen molar-refractivity contribution in [1.29, 1.82) is 0 Å². The third-order valence-electron chi connectivity index (χ3n) is 5.82. The van der Waals surface area contributed by atoms with Crippen molar-refractivity contribution in [2.45, 2.75) is 26.2 Å². The van der Waals surface area contributed by atoms with E-state index in [4.69, 9.17) is 21.1 Å². The Hall–Kier alpha value is -3.38. The van der Waals surface area contributed by atoms with E-state index in [0.29, 0.717) is 28.2 Å². The van der Waals surface area contributed by atoms with Crippen molar-refractivity contribution < 1.29 is 13.9 Å². The lowest BCUT2D eigenvalue weighted by atomic mass is 9.96. The van der Waals surface area contributed by atoms with Gasteiger partial charge in [-0.3, -0.25) is 0 Å². The summed E-state index contributed by atoms with van der Waals surface area (Å²) in [5.74, 6) is 2.03. The molecule has 0 radical (unpaired) electrons. The zero-order chi connectivity index (χ0) is 23.5. The molecule has 33 heavy (non-hydrogen) atoms. The number of rotatable bonds is 7. The highest BCUT2D eigenvalue weighted by molar-refractivity contribution is 6.33. The average Bonchev–Trinajstić information content (AvgIpc) is 2.83. The zero-order valence-corrected chi connectivity index (χ0v) is 19.7. The fourth-order valence-corrected chi connectivity index (χ4v) is 4.08. The summed E-state index contributed by atoms with van der Waals surface area (Å²) >= 11 is 6.29. The lowest BCUT2D eigenvalue weighted by Gasteiger charge is -2.17. The maximum atomic E-state index is 13.5. The summed E-state index contributed by atoms with van der Waals surface area (Å²) in [6.07, 6.45) is 2.49. The Morgan fingerprint density at radius 1 is 1.00 bits per heavy atom. The monoisotopic (exact) mass is 465 g/mol. The van der Waals surface area contributed by atoms with Gasteiger partial charge in [0, 0.05) is 17.0 Å². The Balaban J connectivity index is 1.82. The number of nitrogens with zero attached hydrogens (tertiary/aromatic N) is 2. The SMILES string of the molecule is CCC(C)c1cc2c(Nc3cc(-c4ccc(F)cc4Cl)ccc3OC)ncnc2cc1OC. The maximum absolute atomic E-state index is 13.5. The number of ether oxygens (including phenoxy) is 2. The van der Waals surface area contributed by atoms with Gasteiger partial charge in [0.25, 0.3) is 0 Å². The minimum Gasteiger partial charge on any atom is -0.496 e. The molecule has 1 aromatic heterocycles. The molecule has 0 amide bonds. The van der Waals surface area contributed by atoms with Crippen LogP contribution in [0.25, 0.3) is 22.0 Å². The molecule has 3 aromatic carbocycles. The third kappa shape index (κ3) is 4.57. The van der Waals surface area contributed by atoms with Crippen LogP contribution in [0.4, 0.5) is 15.9 Å². The number of nitrogens with one attached hydrogen (secondary N) is 1. The molecule has 0 aliphatic rings. The summed E-state index contributed by atoms with van der Waals surface area (Å²) in [4.78, 5) is 8.93. The van der Waals surface area contributed by atoms with Crippen molar-refractivity contribution in [1.82, 2.24) is 9.97 Å². The van der Waals surface area contributed by atoms with Gasteiger partial charge in [-0.05, 0) is 59.9 Å². The molecule has 0 aliphatic carbocycles. The van der Waals surface area contributed by atoms with E-state index in [9.17, 15) is 4.39 Å². The molecule has 0 saturated heterocycles. The van der Waals surface area contributed by atoms with Crippen LogP contribution in [0.15, 0.2) is 54.9 Å². The highest BCUT2D eigenvalue weighted by atomic mass is 35.5. The van der Waals surface area contributed by atoms with Gasteiger partial charge in [0.1, 0.15) is 29.5 Å². The van der Waals surface area contributed by atoms with Gasteiger partial charge < -0.3 is 14.8 Å². The molecule has 1 unspecified atom stereocenters. The molecule has 4 aromatic rings. The third-order valence-corrected chi connectivity index (χ3v) is 6.14. The molecular weight excluding hydrogens is 441 g/mol.